The Morgan fingerprint density at radius 3 is 2.25 bits per heavy atom. The van der Waals surface area contributed by atoms with Crippen LogP contribution in [0.1, 0.15) is 45.8 Å². The number of ether oxygens (including phenoxy) is 2. The molecule has 0 aliphatic heterocycles. The summed E-state index contributed by atoms with van der Waals surface area (Å²) in [7, 11) is 0. The molecule has 2 unspecified atom stereocenters. The van der Waals surface area contributed by atoms with Gasteiger partial charge in [0.15, 0.2) is 0 Å². The van der Waals surface area contributed by atoms with Crippen molar-refractivity contribution in [1.82, 2.24) is 0 Å². The van der Waals surface area contributed by atoms with Crippen LogP contribution >= 0.6 is 15.9 Å². The van der Waals surface area contributed by atoms with Crippen LogP contribution in [-0.4, -0.2) is 24.9 Å². The Kier molecular flexibility index (Phi) is 7.17. The van der Waals surface area contributed by atoms with E-state index in [0.29, 0.717) is 13.2 Å². The first-order valence-electron chi connectivity index (χ1n) is 7.10. The summed E-state index contributed by atoms with van der Waals surface area (Å²) in [5, 5.41) is 0. The van der Waals surface area contributed by atoms with Gasteiger partial charge in [0, 0.05) is 10.5 Å². The molecule has 0 bridgehead atoms. The van der Waals surface area contributed by atoms with Gasteiger partial charge in [0.2, 0.25) is 0 Å². The molecule has 1 aromatic rings. The second kappa shape index (κ2) is 8.13. The fourth-order valence-electron chi connectivity index (χ4n) is 1.86. The van der Waals surface area contributed by atoms with Crippen molar-refractivity contribution < 1.29 is 9.47 Å². The van der Waals surface area contributed by atoms with Crippen LogP contribution in [0.3, 0.4) is 0 Å². The maximum Gasteiger partial charge on any atom is 0.0976 e. The Labute approximate surface area is 131 Å². The van der Waals surface area contributed by atoms with E-state index >= 15 is 0 Å². The highest BCUT2D eigenvalue weighted by molar-refractivity contribution is 9.10. The van der Waals surface area contributed by atoms with Gasteiger partial charge in [0.05, 0.1) is 24.9 Å². The zero-order valence-corrected chi connectivity index (χ0v) is 14.4. The van der Waals surface area contributed by atoms with Gasteiger partial charge in [-0.25, -0.2) is 0 Å². The molecule has 0 saturated heterocycles. The van der Waals surface area contributed by atoms with E-state index in [2.05, 4.69) is 35.0 Å². The van der Waals surface area contributed by atoms with Gasteiger partial charge in [-0.2, -0.15) is 0 Å². The van der Waals surface area contributed by atoms with Crippen LogP contribution in [0.4, 0.5) is 0 Å². The highest BCUT2D eigenvalue weighted by Gasteiger charge is 2.19. The molecule has 0 saturated carbocycles. The summed E-state index contributed by atoms with van der Waals surface area (Å²) in [6.45, 7) is 9.31. The zero-order valence-electron chi connectivity index (χ0n) is 12.9. The molecular weight excluding hydrogens is 318 g/mol. The Morgan fingerprint density at radius 2 is 1.75 bits per heavy atom. The molecule has 0 aliphatic carbocycles. The maximum absolute atomic E-state index is 6.18. The van der Waals surface area contributed by atoms with Crippen LogP contribution in [0.25, 0.3) is 0 Å². The van der Waals surface area contributed by atoms with Crippen molar-refractivity contribution in [3.8, 4) is 0 Å². The smallest absolute Gasteiger partial charge is 0.0976 e. The lowest BCUT2D eigenvalue weighted by atomic mass is 10.0. The molecule has 0 aromatic heterocycles. The quantitative estimate of drug-likeness (QED) is 0.759. The fraction of sp³-hybridized carbons (Fsp3) is 0.625. The summed E-state index contributed by atoms with van der Waals surface area (Å²) in [4.78, 5) is 0. The minimum Gasteiger partial charge on any atom is -0.373 e. The molecule has 1 aromatic carbocycles. The van der Waals surface area contributed by atoms with Crippen LogP contribution in [0, 0.1) is 0 Å². The average molecular weight is 344 g/mol. The normalized spacial score (nSPS) is 15.1. The first kappa shape index (κ1) is 17.6. The predicted molar refractivity (Wildman–Crippen MR) is 86.8 cm³/mol. The van der Waals surface area contributed by atoms with E-state index in [1.807, 2.05) is 32.9 Å². The van der Waals surface area contributed by atoms with Gasteiger partial charge in [-0.15, -0.1) is 0 Å². The highest BCUT2D eigenvalue weighted by atomic mass is 79.9. The van der Waals surface area contributed by atoms with Crippen LogP contribution in [0.15, 0.2) is 28.7 Å². The molecule has 0 fully saturated rings. The number of nitrogens with two attached hydrogens (primary N) is 1. The second-order valence-corrected chi connectivity index (χ2v) is 6.79. The summed E-state index contributed by atoms with van der Waals surface area (Å²) in [6.07, 6.45) is 0.789. The van der Waals surface area contributed by atoms with E-state index in [1.54, 1.807) is 0 Å². The lowest BCUT2D eigenvalue weighted by molar-refractivity contribution is -0.0570. The number of benzene rings is 1. The summed E-state index contributed by atoms with van der Waals surface area (Å²) in [5.41, 5.74) is 7.15. The molecule has 0 amide bonds. The van der Waals surface area contributed by atoms with Crippen molar-refractivity contribution in [2.75, 3.05) is 13.2 Å². The van der Waals surface area contributed by atoms with Gasteiger partial charge in [-0.05, 0) is 44.9 Å². The average Bonchev–Trinajstić information content (AvgIpc) is 2.38. The van der Waals surface area contributed by atoms with Gasteiger partial charge < -0.3 is 15.2 Å². The van der Waals surface area contributed by atoms with Crippen molar-refractivity contribution in [2.45, 2.75) is 51.9 Å². The molecule has 0 spiro atoms. The van der Waals surface area contributed by atoms with Crippen molar-refractivity contribution in [1.29, 1.82) is 0 Å². The minimum atomic E-state index is -0.136. The third-order valence-electron chi connectivity index (χ3n) is 2.97. The van der Waals surface area contributed by atoms with Crippen molar-refractivity contribution >= 4 is 15.9 Å². The molecule has 0 radical (unpaired) electrons. The SMILES string of the molecule is CCC(N)C(OCCOC(C)(C)C)c1ccc(Br)cc1. The monoisotopic (exact) mass is 343 g/mol. The molecule has 3 nitrogen and oxygen atoms in total. The summed E-state index contributed by atoms with van der Waals surface area (Å²) >= 11 is 3.44. The third kappa shape index (κ3) is 6.35. The Morgan fingerprint density at radius 1 is 1.15 bits per heavy atom. The Balaban J connectivity index is 2.59. The Hall–Kier alpha value is -0.420. The summed E-state index contributed by atoms with van der Waals surface area (Å²) in [6, 6.07) is 8.12. The molecule has 2 atom stereocenters. The molecule has 2 N–H and O–H groups in total. The van der Waals surface area contributed by atoms with Crippen molar-refractivity contribution in [3.63, 3.8) is 0 Å². The highest BCUT2D eigenvalue weighted by Crippen LogP contribution is 2.24. The van der Waals surface area contributed by atoms with Crippen molar-refractivity contribution in [2.24, 2.45) is 5.73 Å². The molecular formula is C16H26BrNO2. The van der Waals surface area contributed by atoms with Crippen molar-refractivity contribution in [3.05, 3.63) is 34.3 Å². The molecule has 0 heterocycles. The molecule has 114 valence electrons. The lowest BCUT2D eigenvalue weighted by Gasteiger charge is -2.25. The summed E-state index contributed by atoms with van der Waals surface area (Å²) in [5.74, 6) is 0. The number of hydrogen-bond acceptors (Lipinski definition) is 3. The van der Waals surface area contributed by atoms with E-state index in [1.165, 1.54) is 0 Å². The van der Waals surface area contributed by atoms with E-state index in [9.17, 15) is 0 Å². The van der Waals surface area contributed by atoms with Gasteiger partial charge in [0.1, 0.15) is 0 Å². The van der Waals surface area contributed by atoms with E-state index in [4.69, 9.17) is 15.2 Å². The zero-order chi connectivity index (χ0) is 15.2. The molecule has 1 rings (SSSR count). The summed E-state index contributed by atoms with van der Waals surface area (Å²) < 4.78 is 12.7. The topological polar surface area (TPSA) is 44.5 Å². The first-order chi connectivity index (χ1) is 9.33. The Bertz CT molecular complexity index is 386. The van der Waals surface area contributed by atoms with Gasteiger partial charge in [-0.1, -0.05) is 35.0 Å². The van der Waals surface area contributed by atoms with E-state index in [0.717, 1.165) is 16.5 Å². The third-order valence-corrected chi connectivity index (χ3v) is 3.50. The lowest BCUT2D eigenvalue weighted by Crippen LogP contribution is -2.31. The second-order valence-electron chi connectivity index (χ2n) is 5.88. The molecule has 20 heavy (non-hydrogen) atoms. The molecule has 4 heteroatoms. The minimum absolute atomic E-state index is 0.00851. The van der Waals surface area contributed by atoms with E-state index in [-0.39, 0.29) is 17.7 Å². The number of halogens is 1. The predicted octanol–water partition coefficient (Wildman–Crippen LogP) is 4.06. The van der Waals surface area contributed by atoms with Crippen LogP contribution in [0.2, 0.25) is 0 Å². The maximum atomic E-state index is 6.18. The van der Waals surface area contributed by atoms with Gasteiger partial charge >= 0.3 is 0 Å². The van der Waals surface area contributed by atoms with Crippen LogP contribution < -0.4 is 5.73 Å². The van der Waals surface area contributed by atoms with Gasteiger partial charge in [-0.3, -0.25) is 0 Å². The molecule has 0 aliphatic rings. The fourth-order valence-corrected chi connectivity index (χ4v) is 2.12. The van der Waals surface area contributed by atoms with Gasteiger partial charge in [0.25, 0.3) is 0 Å². The van der Waals surface area contributed by atoms with E-state index < -0.39 is 0 Å². The number of rotatable bonds is 7. The first-order valence-corrected chi connectivity index (χ1v) is 7.89. The number of hydrogen-bond donors (Lipinski definition) is 1. The largest absolute Gasteiger partial charge is 0.373 e. The van der Waals surface area contributed by atoms with Crippen LogP contribution in [0.5, 0.6) is 0 Å². The van der Waals surface area contributed by atoms with Crippen LogP contribution in [-0.2, 0) is 9.47 Å². The standard InChI is InChI=1S/C16H26BrNO2/c1-5-14(18)15(12-6-8-13(17)9-7-12)19-10-11-20-16(2,3)4/h6-9,14-15H,5,10-11,18H2,1-4H3.